The van der Waals surface area contributed by atoms with Crippen molar-refractivity contribution in [2.24, 2.45) is 5.10 Å². The van der Waals surface area contributed by atoms with Gasteiger partial charge in [0.05, 0.1) is 6.21 Å². The van der Waals surface area contributed by atoms with Crippen LogP contribution in [0.1, 0.15) is 22.3 Å². The highest BCUT2D eigenvalue weighted by Crippen LogP contribution is 2.23. The van der Waals surface area contributed by atoms with E-state index in [1.165, 1.54) is 6.21 Å². The van der Waals surface area contributed by atoms with Crippen LogP contribution < -0.4 is 16.1 Å². The number of nitrogens with one attached hydrogen (secondary N) is 3. The third-order valence-corrected chi connectivity index (χ3v) is 4.79. The number of benzene rings is 3. The molecule has 6 nitrogen and oxygen atoms in total. The van der Waals surface area contributed by atoms with E-state index in [1.54, 1.807) is 18.2 Å². The number of rotatable bonds is 5. The second kappa shape index (κ2) is 9.91. The largest absolute Gasteiger partial charge is 0.355 e. The number of amides is 2. The first-order valence-corrected chi connectivity index (χ1v) is 10.0. The summed E-state index contributed by atoms with van der Waals surface area (Å²) in [6.07, 6.45) is 1.44. The van der Waals surface area contributed by atoms with Crippen molar-refractivity contribution in [1.82, 2.24) is 5.43 Å². The molecule has 158 valence electrons. The maximum absolute atomic E-state index is 12.2. The molecule has 0 heterocycles. The van der Waals surface area contributed by atoms with Crippen molar-refractivity contribution >= 4 is 46.7 Å². The number of hydrogen-bond acceptors (Lipinski definition) is 4. The van der Waals surface area contributed by atoms with Crippen LogP contribution in [-0.2, 0) is 9.59 Å². The summed E-state index contributed by atoms with van der Waals surface area (Å²) in [5.74, 6) is -1.67. The minimum absolute atomic E-state index is 0.523. The molecule has 3 N–H and O–H groups in total. The Bertz CT molecular complexity index is 1140. The van der Waals surface area contributed by atoms with E-state index < -0.39 is 11.8 Å². The first-order valence-electron chi connectivity index (χ1n) is 9.67. The van der Waals surface area contributed by atoms with Crippen LogP contribution in [0.15, 0.2) is 65.8 Å². The third kappa shape index (κ3) is 6.17. The van der Waals surface area contributed by atoms with Crippen molar-refractivity contribution in [3.05, 3.63) is 87.9 Å². The van der Waals surface area contributed by atoms with Crippen LogP contribution >= 0.6 is 11.6 Å². The minimum Gasteiger partial charge on any atom is -0.355 e. The average Bonchev–Trinajstić information content (AvgIpc) is 2.73. The Hall–Kier alpha value is -3.64. The van der Waals surface area contributed by atoms with Crippen LogP contribution in [0.3, 0.4) is 0 Å². The highest BCUT2D eigenvalue weighted by atomic mass is 35.5. The lowest BCUT2D eigenvalue weighted by Crippen LogP contribution is -2.32. The van der Waals surface area contributed by atoms with Crippen LogP contribution in [0.25, 0.3) is 0 Å². The second-order valence-electron chi connectivity index (χ2n) is 7.19. The van der Waals surface area contributed by atoms with E-state index in [1.807, 2.05) is 63.2 Å². The van der Waals surface area contributed by atoms with E-state index in [2.05, 4.69) is 21.2 Å². The number of halogens is 1. The SMILES string of the molecule is Cc1ccc(Nc2ccc(Cl)cc2/C=N\NC(=O)C(=O)Nc2ccc(C)cc2C)cc1. The second-order valence-corrected chi connectivity index (χ2v) is 7.63. The summed E-state index contributed by atoms with van der Waals surface area (Å²) in [5.41, 5.74) is 8.24. The van der Waals surface area contributed by atoms with Crippen LogP contribution in [0.5, 0.6) is 0 Å². The van der Waals surface area contributed by atoms with Crippen molar-refractivity contribution in [3.63, 3.8) is 0 Å². The van der Waals surface area contributed by atoms with E-state index in [-0.39, 0.29) is 0 Å². The molecular formula is C24H23ClN4O2. The predicted octanol–water partition coefficient (Wildman–Crippen LogP) is 5.10. The molecule has 0 unspecified atom stereocenters. The molecule has 0 radical (unpaired) electrons. The molecule has 0 bridgehead atoms. The summed E-state index contributed by atoms with van der Waals surface area (Å²) in [5, 5.41) is 10.3. The summed E-state index contributed by atoms with van der Waals surface area (Å²) < 4.78 is 0. The lowest BCUT2D eigenvalue weighted by molar-refractivity contribution is -0.136. The molecule has 0 aliphatic heterocycles. The number of carbonyl (C=O) groups excluding carboxylic acids is 2. The van der Waals surface area contributed by atoms with E-state index in [9.17, 15) is 9.59 Å². The van der Waals surface area contributed by atoms with Crippen LogP contribution in [-0.4, -0.2) is 18.0 Å². The quantitative estimate of drug-likeness (QED) is 0.297. The molecule has 0 atom stereocenters. The summed E-state index contributed by atoms with van der Waals surface area (Å²) in [6, 6.07) is 18.8. The van der Waals surface area contributed by atoms with Crippen LogP contribution in [0.2, 0.25) is 5.02 Å². The van der Waals surface area contributed by atoms with E-state index >= 15 is 0 Å². The van der Waals surface area contributed by atoms with E-state index in [4.69, 9.17) is 11.6 Å². The van der Waals surface area contributed by atoms with Gasteiger partial charge in [0.1, 0.15) is 0 Å². The van der Waals surface area contributed by atoms with Crippen molar-refractivity contribution in [3.8, 4) is 0 Å². The number of hydrogen-bond donors (Lipinski definition) is 3. The molecular weight excluding hydrogens is 412 g/mol. The fraction of sp³-hybridized carbons (Fsp3) is 0.125. The molecule has 2 amide bonds. The molecule has 0 aliphatic rings. The number of anilines is 3. The van der Waals surface area contributed by atoms with Crippen molar-refractivity contribution < 1.29 is 9.59 Å². The summed E-state index contributed by atoms with van der Waals surface area (Å²) in [7, 11) is 0. The van der Waals surface area contributed by atoms with Gasteiger partial charge in [-0.15, -0.1) is 0 Å². The van der Waals surface area contributed by atoms with Gasteiger partial charge in [0, 0.05) is 27.6 Å². The maximum Gasteiger partial charge on any atom is 0.329 e. The molecule has 3 aromatic carbocycles. The Morgan fingerprint density at radius 1 is 0.839 bits per heavy atom. The Morgan fingerprint density at radius 2 is 1.52 bits per heavy atom. The smallest absolute Gasteiger partial charge is 0.329 e. The van der Waals surface area contributed by atoms with Crippen molar-refractivity contribution in [1.29, 1.82) is 0 Å². The van der Waals surface area contributed by atoms with Crippen molar-refractivity contribution in [2.45, 2.75) is 20.8 Å². The molecule has 3 rings (SSSR count). The zero-order valence-corrected chi connectivity index (χ0v) is 18.2. The van der Waals surface area contributed by atoms with Gasteiger partial charge in [0.25, 0.3) is 0 Å². The van der Waals surface area contributed by atoms with Gasteiger partial charge in [-0.2, -0.15) is 5.10 Å². The van der Waals surface area contributed by atoms with Gasteiger partial charge in [-0.25, -0.2) is 5.43 Å². The molecule has 0 saturated heterocycles. The number of aryl methyl sites for hydroxylation is 3. The highest BCUT2D eigenvalue weighted by Gasteiger charge is 2.14. The average molecular weight is 435 g/mol. The molecule has 7 heteroatoms. The summed E-state index contributed by atoms with van der Waals surface area (Å²) in [6.45, 7) is 5.83. The van der Waals surface area contributed by atoms with Gasteiger partial charge in [-0.1, -0.05) is 47.0 Å². The lowest BCUT2D eigenvalue weighted by atomic mass is 10.1. The predicted molar refractivity (Wildman–Crippen MR) is 126 cm³/mol. The molecule has 0 spiro atoms. The standard InChI is InChI=1S/C24H23ClN4O2/c1-15-4-8-20(9-5-15)27-22-11-7-19(25)13-18(22)14-26-29-24(31)23(30)28-21-10-6-16(2)12-17(21)3/h4-14,27H,1-3H3,(H,28,30)(H,29,31)/b26-14-. The first kappa shape index (κ1) is 22.1. The van der Waals surface area contributed by atoms with Gasteiger partial charge in [-0.3, -0.25) is 9.59 Å². The topological polar surface area (TPSA) is 82.6 Å². The van der Waals surface area contributed by atoms with Gasteiger partial charge in [-0.05, 0) is 62.7 Å². The number of nitrogens with zero attached hydrogens (tertiary/aromatic N) is 1. The number of carbonyl (C=O) groups is 2. The van der Waals surface area contributed by atoms with Gasteiger partial charge < -0.3 is 10.6 Å². The summed E-state index contributed by atoms with van der Waals surface area (Å²) >= 11 is 6.11. The molecule has 0 aliphatic carbocycles. The Morgan fingerprint density at radius 3 is 2.23 bits per heavy atom. The summed E-state index contributed by atoms with van der Waals surface area (Å²) in [4.78, 5) is 24.3. The molecule has 0 saturated carbocycles. The van der Waals surface area contributed by atoms with Gasteiger partial charge in [0.15, 0.2) is 0 Å². The Labute approximate surface area is 186 Å². The van der Waals surface area contributed by atoms with Crippen molar-refractivity contribution in [2.75, 3.05) is 10.6 Å². The minimum atomic E-state index is -0.869. The first-order chi connectivity index (χ1) is 14.8. The van der Waals surface area contributed by atoms with Gasteiger partial charge in [0.2, 0.25) is 0 Å². The van der Waals surface area contributed by atoms with E-state index in [0.29, 0.717) is 16.3 Å². The lowest BCUT2D eigenvalue weighted by Gasteiger charge is -2.10. The number of hydrazone groups is 1. The Balaban J connectivity index is 1.66. The zero-order valence-electron chi connectivity index (χ0n) is 17.5. The monoisotopic (exact) mass is 434 g/mol. The third-order valence-electron chi connectivity index (χ3n) is 4.55. The van der Waals surface area contributed by atoms with Crippen LogP contribution in [0, 0.1) is 20.8 Å². The molecule has 0 fully saturated rings. The van der Waals surface area contributed by atoms with E-state index in [0.717, 1.165) is 28.1 Å². The fourth-order valence-corrected chi connectivity index (χ4v) is 3.07. The fourth-order valence-electron chi connectivity index (χ4n) is 2.89. The normalized spacial score (nSPS) is 10.7. The molecule has 31 heavy (non-hydrogen) atoms. The highest BCUT2D eigenvalue weighted by molar-refractivity contribution is 6.39. The molecule has 0 aromatic heterocycles. The molecule has 3 aromatic rings. The van der Waals surface area contributed by atoms with Gasteiger partial charge >= 0.3 is 11.8 Å². The Kier molecular flexibility index (Phi) is 7.05. The zero-order chi connectivity index (χ0) is 22.4. The maximum atomic E-state index is 12.2. The van der Waals surface area contributed by atoms with Crippen LogP contribution in [0.4, 0.5) is 17.1 Å².